The second kappa shape index (κ2) is 6.49. The Morgan fingerprint density at radius 1 is 1.57 bits per heavy atom. The van der Waals surface area contributed by atoms with Gasteiger partial charge in [0.25, 0.3) is 11.6 Å². The van der Waals surface area contributed by atoms with Crippen molar-refractivity contribution in [2.45, 2.75) is 31.7 Å². The van der Waals surface area contributed by atoms with Gasteiger partial charge in [-0.15, -0.1) is 0 Å². The highest BCUT2D eigenvalue weighted by molar-refractivity contribution is 5.98. The minimum Gasteiger partial charge on any atom is -0.396 e. The number of aliphatic hydroxyl groups is 1. The van der Waals surface area contributed by atoms with E-state index < -0.39 is 10.8 Å². The van der Waals surface area contributed by atoms with Crippen molar-refractivity contribution >= 4 is 17.4 Å². The fraction of sp³-hybridized carbons (Fsp3) is 0.538. The van der Waals surface area contributed by atoms with E-state index in [1.165, 1.54) is 6.07 Å². The summed E-state index contributed by atoms with van der Waals surface area (Å²) < 4.78 is 0. The van der Waals surface area contributed by atoms with Crippen LogP contribution >= 0.6 is 0 Å². The van der Waals surface area contributed by atoms with Gasteiger partial charge in [-0.05, 0) is 31.7 Å². The van der Waals surface area contributed by atoms with E-state index in [2.05, 4.69) is 4.98 Å². The lowest BCUT2D eigenvalue weighted by Crippen LogP contribution is -2.44. The first-order valence-electron chi connectivity index (χ1n) is 6.86. The van der Waals surface area contributed by atoms with E-state index in [0.717, 1.165) is 25.5 Å². The molecular formula is C13H18N4O4. The van der Waals surface area contributed by atoms with E-state index in [1.54, 1.807) is 4.90 Å². The highest BCUT2D eigenvalue weighted by Gasteiger charge is 2.31. The summed E-state index contributed by atoms with van der Waals surface area (Å²) in [6.07, 6.45) is 4.10. The van der Waals surface area contributed by atoms with Gasteiger partial charge in [0.2, 0.25) is 0 Å². The number of hydrogen-bond donors (Lipinski definition) is 2. The number of amides is 1. The number of nitrogens with two attached hydrogens (primary N) is 1. The van der Waals surface area contributed by atoms with E-state index in [0.29, 0.717) is 13.0 Å². The highest BCUT2D eigenvalue weighted by atomic mass is 16.6. The molecule has 0 spiro atoms. The highest BCUT2D eigenvalue weighted by Crippen LogP contribution is 2.26. The minimum absolute atomic E-state index is 0.0188. The number of pyridine rings is 1. The fourth-order valence-electron chi connectivity index (χ4n) is 2.65. The topological polar surface area (TPSA) is 123 Å². The largest absolute Gasteiger partial charge is 0.396 e. The molecule has 1 saturated heterocycles. The average molecular weight is 294 g/mol. The smallest absolute Gasteiger partial charge is 0.300 e. The number of nitrogen functional groups attached to an aromatic ring is 1. The average Bonchev–Trinajstić information content (AvgIpc) is 2.47. The molecule has 8 heteroatoms. The van der Waals surface area contributed by atoms with Crippen molar-refractivity contribution in [2.24, 2.45) is 0 Å². The third kappa shape index (κ3) is 3.27. The Balaban J connectivity index is 2.33. The van der Waals surface area contributed by atoms with Crippen LogP contribution < -0.4 is 5.73 Å². The van der Waals surface area contributed by atoms with E-state index in [9.17, 15) is 14.9 Å². The number of likely N-dealkylation sites (tertiary alicyclic amines) is 1. The van der Waals surface area contributed by atoms with Crippen LogP contribution in [0.4, 0.5) is 11.5 Å². The zero-order valence-electron chi connectivity index (χ0n) is 11.6. The zero-order valence-corrected chi connectivity index (χ0v) is 11.6. The van der Waals surface area contributed by atoms with Gasteiger partial charge < -0.3 is 15.7 Å². The third-order valence-electron chi connectivity index (χ3n) is 3.68. The lowest BCUT2D eigenvalue weighted by molar-refractivity contribution is -0.385. The number of hydrogen-bond acceptors (Lipinski definition) is 6. The first kappa shape index (κ1) is 15.2. The Kier molecular flexibility index (Phi) is 4.69. The molecule has 1 aliphatic heterocycles. The molecule has 0 saturated carbocycles. The minimum atomic E-state index is -0.634. The lowest BCUT2D eigenvalue weighted by atomic mass is 9.98. The maximum absolute atomic E-state index is 12.6. The van der Waals surface area contributed by atoms with Crippen LogP contribution in [0.2, 0.25) is 0 Å². The molecule has 1 atom stereocenters. The van der Waals surface area contributed by atoms with Gasteiger partial charge in [0, 0.05) is 19.2 Å². The third-order valence-corrected chi connectivity index (χ3v) is 3.68. The van der Waals surface area contributed by atoms with Crippen LogP contribution in [-0.4, -0.2) is 45.0 Å². The van der Waals surface area contributed by atoms with Gasteiger partial charge in [-0.25, -0.2) is 4.98 Å². The van der Waals surface area contributed by atoms with Crippen LogP contribution in [0.3, 0.4) is 0 Å². The van der Waals surface area contributed by atoms with Crippen LogP contribution in [-0.2, 0) is 0 Å². The molecule has 1 amide bonds. The maximum Gasteiger partial charge on any atom is 0.300 e. The fourth-order valence-corrected chi connectivity index (χ4v) is 2.65. The van der Waals surface area contributed by atoms with Crippen molar-refractivity contribution in [1.82, 2.24) is 9.88 Å². The molecule has 3 N–H and O–H groups in total. The second-order valence-corrected chi connectivity index (χ2v) is 5.04. The van der Waals surface area contributed by atoms with Gasteiger partial charge in [-0.3, -0.25) is 14.9 Å². The molecule has 21 heavy (non-hydrogen) atoms. The van der Waals surface area contributed by atoms with Crippen molar-refractivity contribution in [3.05, 3.63) is 27.9 Å². The molecule has 0 aromatic carbocycles. The second-order valence-electron chi connectivity index (χ2n) is 5.04. The van der Waals surface area contributed by atoms with E-state index in [4.69, 9.17) is 10.8 Å². The van der Waals surface area contributed by atoms with Gasteiger partial charge in [0.1, 0.15) is 17.6 Å². The van der Waals surface area contributed by atoms with Gasteiger partial charge in [0.05, 0.1) is 4.92 Å². The van der Waals surface area contributed by atoms with E-state index in [1.807, 2.05) is 0 Å². The SMILES string of the molecule is Nc1cc(C(=O)N2CCCCC2CCO)c([N+](=O)[O-])cn1. The Morgan fingerprint density at radius 3 is 3.00 bits per heavy atom. The summed E-state index contributed by atoms with van der Waals surface area (Å²) in [6, 6.07) is 1.15. The molecule has 114 valence electrons. The maximum atomic E-state index is 12.6. The Hall–Kier alpha value is -2.22. The van der Waals surface area contributed by atoms with Gasteiger partial charge in [0.15, 0.2) is 0 Å². The summed E-state index contributed by atoms with van der Waals surface area (Å²) in [5.74, 6) is -0.353. The molecule has 0 aliphatic carbocycles. The normalized spacial score (nSPS) is 18.5. The molecule has 2 heterocycles. The van der Waals surface area contributed by atoms with Gasteiger partial charge >= 0.3 is 0 Å². The predicted octanol–water partition coefficient (Wildman–Crippen LogP) is 0.949. The van der Waals surface area contributed by atoms with Gasteiger partial charge in [-0.1, -0.05) is 0 Å². The summed E-state index contributed by atoms with van der Waals surface area (Å²) in [6.45, 7) is 0.512. The zero-order chi connectivity index (χ0) is 15.4. The van der Waals surface area contributed by atoms with E-state index in [-0.39, 0.29) is 29.7 Å². The van der Waals surface area contributed by atoms with Crippen molar-refractivity contribution in [1.29, 1.82) is 0 Å². The number of piperidine rings is 1. The summed E-state index contributed by atoms with van der Waals surface area (Å²) in [5.41, 5.74) is 5.15. The summed E-state index contributed by atoms with van der Waals surface area (Å²) in [7, 11) is 0. The number of carbonyl (C=O) groups excluding carboxylic acids is 1. The summed E-state index contributed by atoms with van der Waals surface area (Å²) >= 11 is 0. The predicted molar refractivity (Wildman–Crippen MR) is 75.7 cm³/mol. The Bertz CT molecular complexity index is 547. The molecular weight excluding hydrogens is 276 g/mol. The van der Waals surface area contributed by atoms with Crippen LogP contribution in [0.15, 0.2) is 12.3 Å². The number of rotatable bonds is 4. The summed E-state index contributed by atoms with van der Waals surface area (Å²) in [4.78, 5) is 28.3. The first-order valence-corrected chi connectivity index (χ1v) is 6.86. The number of anilines is 1. The number of nitrogens with zero attached hydrogens (tertiary/aromatic N) is 3. The molecule has 1 aliphatic rings. The van der Waals surface area contributed by atoms with Crippen LogP contribution in [0, 0.1) is 10.1 Å². The number of nitro groups is 1. The molecule has 1 aromatic rings. The van der Waals surface area contributed by atoms with Crippen molar-refractivity contribution in [3.8, 4) is 0 Å². The standard InChI is InChI=1S/C13H18N4O4/c14-12-7-10(11(8-15-12)17(20)21)13(19)16-5-2-1-3-9(16)4-6-18/h7-9,18H,1-6H2,(H2,14,15). The molecule has 0 radical (unpaired) electrons. The van der Waals surface area contributed by atoms with Crippen molar-refractivity contribution in [2.75, 3.05) is 18.9 Å². The van der Waals surface area contributed by atoms with E-state index >= 15 is 0 Å². The van der Waals surface area contributed by atoms with Crippen LogP contribution in [0.5, 0.6) is 0 Å². The number of carbonyl (C=O) groups is 1. The molecule has 1 fully saturated rings. The molecule has 1 unspecified atom stereocenters. The Morgan fingerprint density at radius 2 is 2.33 bits per heavy atom. The number of aromatic nitrogens is 1. The lowest BCUT2D eigenvalue weighted by Gasteiger charge is -2.35. The quantitative estimate of drug-likeness (QED) is 0.629. The molecule has 2 rings (SSSR count). The first-order chi connectivity index (χ1) is 10.0. The molecule has 8 nitrogen and oxygen atoms in total. The van der Waals surface area contributed by atoms with Crippen LogP contribution in [0.1, 0.15) is 36.0 Å². The van der Waals surface area contributed by atoms with Crippen LogP contribution in [0.25, 0.3) is 0 Å². The van der Waals surface area contributed by atoms with Gasteiger partial charge in [-0.2, -0.15) is 0 Å². The van der Waals surface area contributed by atoms with Crippen molar-refractivity contribution in [3.63, 3.8) is 0 Å². The summed E-state index contributed by atoms with van der Waals surface area (Å²) in [5, 5.41) is 20.1. The molecule has 1 aromatic heterocycles. The number of aliphatic hydroxyl groups excluding tert-OH is 1. The Labute approximate surface area is 121 Å². The molecule has 0 bridgehead atoms. The van der Waals surface area contributed by atoms with Crippen molar-refractivity contribution < 1.29 is 14.8 Å². The monoisotopic (exact) mass is 294 g/mol.